The van der Waals surface area contributed by atoms with Crippen LogP contribution in [-0.2, 0) is 21.1 Å². The van der Waals surface area contributed by atoms with Crippen LogP contribution in [0.1, 0.15) is 44.5 Å². The molecule has 0 amide bonds. The maximum atomic E-state index is 13.0. The predicted octanol–water partition coefficient (Wildman–Crippen LogP) is 4.09. The van der Waals surface area contributed by atoms with Gasteiger partial charge in [0.15, 0.2) is 9.84 Å². The summed E-state index contributed by atoms with van der Waals surface area (Å²) in [5, 5.41) is 9.20. The van der Waals surface area contributed by atoms with E-state index in [1.165, 1.54) is 23.5 Å². The van der Waals surface area contributed by atoms with Crippen molar-refractivity contribution in [3.63, 3.8) is 0 Å². The second kappa shape index (κ2) is 8.78. The number of sulfone groups is 1. The Kier molecular flexibility index (Phi) is 6.60. The fourth-order valence-corrected chi connectivity index (χ4v) is 5.73. The Morgan fingerprint density at radius 1 is 1.14 bits per heavy atom. The van der Waals surface area contributed by atoms with E-state index >= 15 is 0 Å². The summed E-state index contributed by atoms with van der Waals surface area (Å²) in [6, 6.07) is 6.04. The summed E-state index contributed by atoms with van der Waals surface area (Å²) in [5.41, 5.74) is 0.782. The zero-order valence-electron chi connectivity index (χ0n) is 16.1. The molecule has 5 nitrogen and oxygen atoms in total. The van der Waals surface area contributed by atoms with Crippen molar-refractivity contribution in [3.05, 3.63) is 35.1 Å². The van der Waals surface area contributed by atoms with Crippen LogP contribution in [0.5, 0.6) is 0 Å². The van der Waals surface area contributed by atoms with Crippen molar-refractivity contribution in [2.75, 3.05) is 5.75 Å². The number of hydrogen-bond donors (Lipinski definition) is 0. The second-order valence-corrected chi connectivity index (χ2v) is 11.4. The summed E-state index contributed by atoms with van der Waals surface area (Å²) in [6.45, 7) is 3.43. The molecule has 8 heteroatoms. The summed E-state index contributed by atoms with van der Waals surface area (Å²) in [5.74, 6) is 0.190. The zero-order valence-corrected chi connectivity index (χ0v) is 17.7. The largest absolute Gasteiger partial charge is 0.299 e. The highest BCUT2D eigenvalue weighted by Crippen LogP contribution is 2.32. The normalized spacial score (nSPS) is 20.4. The fourth-order valence-electron chi connectivity index (χ4n) is 3.50. The Bertz CT molecular complexity index is 915. The van der Waals surface area contributed by atoms with E-state index in [-0.39, 0.29) is 40.9 Å². The Morgan fingerprint density at radius 3 is 2.39 bits per heavy atom. The summed E-state index contributed by atoms with van der Waals surface area (Å²) >= 11 is 1.35. The van der Waals surface area contributed by atoms with Crippen molar-refractivity contribution in [1.82, 2.24) is 10.2 Å². The lowest BCUT2D eigenvalue weighted by Gasteiger charge is -2.27. The van der Waals surface area contributed by atoms with Gasteiger partial charge in [-0.05, 0) is 69.7 Å². The van der Waals surface area contributed by atoms with Gasteiger partial charge in [-0.15, -0.1) is 10.2 Å². The Morgan fingerprint density at radius 2 is 1.79 bits per heavy atom. The first-order valence-corrected chi connectivity index (χ1v) is 12.1. The van der Waals surface area contributed by atoms with E-state index < -0.39 is 9.84 Å². The SMILES string of the molecule is CC(C)S(=O)(=O)CC1CCC(C(=O)Cc2nnc(-c3ccc(F)cc3)s2)CC1. The molecule has 2 aromatic rings. The summed E-state index contributed by atoms with van der Waals surface area (Å²) in [4.78, 5) is 12.6. The highest BCUT2D eigenvalue weighted by Gasteiger charge is 2.30. The number of Topliss-reactive ketones (excluding diaryl/α,β-unsaturated/α-hetero) is 1. The quantitative estimate of drug-likeness (QED) is 0.669. The van der Waals surface area contributed by atoms with E-state index in [9.17, 15) is 17.6 Å². The van der Waals surface area contributed by atoms with Crippen molar-refractivity contribution in [3.8, 4) is 10.6 Å². The monoisotopic (exact) mass is 424 g/mol. The molecule has 1 saturated carbocycles. The van der Waals surface area contributed by atoms with Gasteiger partial charge in [0, 0.05) is 11.5 Å². The summed E-state index contributed by atoms with van der Waals surface area (Å²) in [7, 11) is -3.04. The van der Waals surface area contributed by atoms with E-state index in [1.54, 1.807) is 26.0 Å². The van der Waals surface area contributed by atoms with Crippen molar-refractivity contribution < 1.29 is 17.6 Å². The molecule has 1 heterocycles. The minimum Gasteiger partial charge on any atom is -0.299 e. The lowest BCUT2D eigenvalue weighted by Crippen LogP contribution is -2.29. The van der Waals surface area contributed by atoms with Crippen LogP contribution >= 0.6 is 11.3 Å². The average Bonchev–Trinajstić information content (AvgIpc) is 3.11. The van der Waals surface area contributed by atoms with Crippen molar-refractivity contribution in [1.29, 1.82) is 0 Å². The number of rotatable bonds is 7. The molecule has 0 spiro atoms. The number of benzene rings is 1. The number of carbonyl (C=O) groups excluding carboxylic acids is 1. The van der Waals surface area contributed by atoms with Gasteiger partial charge in [-0.3, -0.25) is 4.79 Å². The minimum atomic E-state index is -3.04. The number of carbonyl (C=O) groups is 1. The smallest absolute Gasteiger partial charge is 0.152 e. The molecule has 0 aliphatic heterocycles. The first-order chi connectivity index (χ1) is 13.2. The number of nitrogens with zero attached hydrogens (tertiary/aromatic N) is 2. The van der Waals surface area contributed by atoms with Gasteiger partial charge in [-0.2, -0.15) is 0 Å². The van der Waals surface area contributed by atoms with Gasteiger partial charge in [-0.25, -0.2) is 12.8 Å². The highest BCUT2D eigenvalue weighted by molar-refractivity contribution is 7.91. The van der Waals surface area contributed by atoms with Crippen LogP contribution in [0, 0.1) is 17.7 Å². The fraction of sp³-hybridized carbons (Fsp3) is 0.550. The first-order valence-electron chi connectivity index (χ1n) is 9.57. The molecule has 3 rings (SSSR count). The number of aromatic nitrogens is 2. The third kappa shape index (κ3) is 5.23. The average molecular weight is 425 g/mol. The summed E-state index contributed by atoms with van der Waals surface area (Å²) < 4.78 is 37.2. The minimum absolute atomic E-state index is 0.0313. The Labute approximate surface area is 169 Å². The third-order valence-corrected chi connectivity index (χ3v) is 8.72. The molecule has 0 saturated heterocycles. The van der Waals surface area contributed by atoms with Gasteiger partial charge in [0.1, 0.15) is 21.6 Å². The molecule has 0 bridgehead atoms. The second-order valence-electron chi connectivity index (χ2n) is 7.75. The van der Waals surface area contributed by atoms with Crippen LogP contribution in [-0.4, -0.2) is 35.4 Å². The number of hydrogen-bond acceptors (Lipinski definition) is 6. The van der Waals surface area contributed by atoms with Crippen LogP contribution in [0.15, 0.2) is 24.3 Å². The standard InChI is InChI=1S/C20H25FN2O3S2/c1-13(2)28(25,26)12-14-3-5-15(6-4-14)18(24)11-19-22-23-20(27-19)16-7-9-17(21)10-8-16/h7-10,13-15H,3-6,11-12H2,1-2H3. The first kappa shape index (κ1) is 21.0. The predicted molar refractivity (Wildman–Crippen MR) is 108 cm³/mol. The lowest BCUT2D eigenvalue weighted by atomic mass is 9.80. The Balaban J connectivity index is 1.53. The lowest BCUT2D eigenvalue weighted by molar-refractivity contribution is -0.123. The van der Waals surface area contributed by atoms with Gasteiger partial charge in [0.2, 0.25) is 0 Å². The topological polar surface area (TPSA) is 77.0 Å². The molecule has 0 N–H and O–H groups in total. The summed E-state index contributed by atoms with van der Waals surface area (Å²) in [6.07, 6.45) is 3.28. The maximum absolute atomic E-state index is 13.0. The van der Waals surface area contributed by atoms with Crippen molar-refractivity contribution in [2.45, 2.75) is 51.2 Å². The molecule has 28 heavy (non-hydrogen) atoms. The van der Waals surface area contributed by atoms with E-state index in [0.717, 1.165) is 31.2 Å². The maximum Gasteiger partial charge on any atom is 0.152 e. The highest BCUT2D eigenvalue weighted by atomic mass is 32.2. The number of halogens is 1. The van der Waals surface area contributed by atoms with Gasteiger partial charge in [0.25, 0.3) is 0 Å². The van der Waals surface area contributed by atoms with Gasteiger partial charge < -0.3 is 0 Å². The zero-order chi connectivity index (χ0) is 20.3. The molecular formula is C20H25FN2O3S2. The van der Waals surface area contributed by atoms with Crippen molar-refractivity contribution >= 4 is 27.0 Å². The molecule has 1 aromatic heterocycles. The molecule has 0 radical (unpaired) electrons. The third-order valence-electron chi connectivity index (χ3n) is 5.37. The van der Waals surface area contributed by atoms with Gasteiger partial charge in [0.05, 0.1) is 17.4 Å². The van der Waals surface area contributed by atoms with Crippen molar-refractivity contribution in [2.24, 2.45) is 11.8 Å². The van der Waals surface area contributed by atoms with Crippen LogP contribution < -0.4 is 0 Å². The van der Waals surface area contributed by atoms with Crippen LogP contribution in [0.3, 0.4) is 0 Å². The molecule has 1 aromatic carbocycles. The number of ketones is 1. The molecular weight excluding hydrogens is 399 g/mol. The molecule has 152 valence electrons. The van der Waals surface area contributed by atoms with Crippen LogP contribution in [0.4, 0.5) is 4.39 Å². The van der Waals surface area contributed by atoms with Gasteiger partial charge in [-0.1, -0.05) is 11.3 Å². The van der Waals surface area contributed by atoms with E-state index in [2.05, 4.69) is 10.2 Å². The Hall–Kier alpha value is -1.67. The van der Waals surface area contributed by atoms with E-state index in [4.69, 9.17) is 0 Å². The van der Waals surface area contributed by atoms with Gasteiger partial charge >= 0.3 is 0 Å². The van der Waals surface area contributed by atoms with E-state index in [0.29, 0.717) is 10.0 Å². The van der Waals surface area contributed by atoms with Crippen LogP contribution in [0.25, 0.3) is 10.6 Å². The molecule has 0 atom stereocenters. The molecule has 1 aliphatic carbocycles. The van der Waals surface area contributed by atoms with Crippen LogP contribution in [0.2, 0.25) is 0 Å². The molecule has 1 aliphatic rings. The van der Waals surface area contributed by atoms with E-state index in [1.807, 2.05) is 0 Å². The molecule has 0 unspecified atom stereocenters. The molecule has 1 fully saturated rings.